The Kier molecular flexibility index (Phi) is 5.98. The normalized spacial score (nSPS) is 14.7. The van der Waals surface area contributed by atoms with Gasteiger partial charge >= 0.3 is 0 Å². The lowest BCUT2D eigenvalue weighted by Gasteiger charge is -2.23. The van der Waals surface area contributed by atoms with Gasteiger partial charge in [0.2, 0.25) is 0 Å². The number of hydrogen-bond donors (Lipinski definition) is 1. The van der Waals surface area contributed by atoms with Crippen LogP contribution >= 0.6 is 0 Å². The van der Waals surface area contributed by atoms with E-state index in [1.807, 2.05) is 30.0 Å². The molecule has 0 bridgehead atoms. The number of pyridine rings is 2. The first-order valence-electron chi connectivity index (χ1n) is 11.0. The van der Waals surface area contributed by atoms with Gasteiger partial charge in [0.25, 0.3) is 5.91 Å². The second-order valence-corrected chi connectivity index (χ2v) is 8.48. The fourth-order valence-corrected chi connectivity index (χ4v) is 4.03. The van der Waals surface area contributed by atoms with Gasteiger partial charge in [-0.2, -0.15) is 0 Å². The minimum Gasteiger partial charge on any atom is -0.354 e. The molecule has 1 N–H and O–H groups in total. The Balaban J connectivity index is 1.79. The van der Waals surface area contributed by atoms with E-state index < -0.39 is 0 Å². The minimum absolute atomic E-state index is 0.0504. The molecule has 4 rings (SSSR count). The van der Waals surface area contributed by atoms with Gasteiger partial charge in [-0.15, -0.1) is 0 Å². The Bertz CT molecular complexity index is 1050. The largest absolute Gasteiger partial charge is 0.354 e. The maximum Gasteiger partial charge on any atom is 0.257 e. The average Bonchev–Trinajstić information content (AvgIpc) is 3.03. The fraction of sp³-hybridized carbons (Fsp3) is 0.400. The summed E-state index contributed by atoms with van der Waals surface area (Å²) in [7, 11) is 0. The summed E-state index contributed by atoms with van der Waals surface area (Å²) < 4.78 is 0. The molecule has 0 saturated carbocycles. The number of nitrogens with zero attached hydrogens (tertiary/aromatic N) is 3. The lowest BCUT2D eigenvalue weighted by molar-refractivity contribution is 0.0762. The van der Waals surface area contributed by atoms with Crippen molar-refractivity contribution in [2.24, 2.45) is 0 Å². The van der Waals surface area contributed by atoms with Crippen LogP contribution in [-0.2, 0) is 0 Å². The summed E-state index contributed by atoms with van der Waals surface area (Å²) in [5, 5.41) is 4.41. The molecule has 3 aromatic rings. The van der Waals surface area contributed by atoms with Crippen molar-refractivity contribution in [3.8, 4) is 0 Å². The van der Waals surface area contributed by atoms with E-state index in [2.05, 4.69) is 47.3 Å². The summed E-state index contributed by atoms with van der Waals surface area (Å²) in [5.74, 6) is 0.484. The molecule has 3 heterocycles. The van der Waals surface area contributed by atoms with Crippen molar-refractivity contribution in [2.45, 2.75) is 52.4 Å². The van der Waals surface area contributed by atoms with Crippen LogP contribution in [-0.4, -0.2) is 33.9 Å². The van der Waals surface area contributed by atoms with Crippen molar-refractivity contribution in [2.75, 3.05) is 18.4 Å². The number of hydrogen-bond acceptors (Lipinski definition) is 4. The van der Waals surface area contributed by atoms with E-state index in [1.54, 1.807) is 6.20 Å². The monoisotopic (exact) mass is 402 g/mol. The van der Waals surface area contributed by atoms with Crippen molar-refractivity contribution in [1.29, 1.82) is 0 Å². The van der Waals surface area contributed by atoms with Gasteiger partial charge in [0, 0.05) is 36.1 Å². The van der Waals surface area contributed by atoms with Crippen LogP contribution in [0.3, 0.4) is 0 Å². The molecule has 1 fully saturated rings. The van der Waals surface area contributed by atoms with Gasteiger partial charge < -0.3 is 10.2 Å². The average molecular weight is 403 g/mol. The predicted molar refractivity (Wildman–Crippen MR) is 122 cm³/mol. The van der Waals surface area contributed by atoms with Gasteiger partial charge in [-0.25, -0.2) is 9.97 Å². The third-order valence-corrected chi connectivity index (χ3v) is 5.82. The number of nitrogens with one attached hydrogen (secondary N) is 1. The molecule has 1 amide bonds. The van der Waals surface area contributed by atoms with Crippen molar-refractivity contribution in [1.82, 2.24) is 14.9 Å². The highest BCUT2D eigenvalue weighted by Crippen LogP contribution is 2.31. The molecule has 0 aliphatic carbocycles. The maximum atomic E-state index is 13.5. The third kappa shape index (κ3) is 4.30. The molecular weight excluding hydrogens is 372 g/mol. The van der Waals surface area contributed by atoms with Gasteiger partial charge in [-0.3, -0.25) is 4.79 Å². The van der Waals surface area contributed by atoms with Crippen LogP contribution in [0.1, 0.15) is 67.1 Å². The van der Waals surface area contributed by atoms with E-state index in [1.165, 1.54) is 18.4 Å². The summed E-state index contributed by atoms with van der Waals surface area (Å²) in [6.45, 7) is 7.94. The second kappa shape index (κ2) is 8.82. The molecule has 1 saturated heterocycles. The molecule has 0 radical (unpaired) electrons. The molecule has 30 heavy (non-hydrogen) atoms. The number of likely N-dealkylation sites (tertiary alicyclic amines) is 1. The molecule has 5 nitrogen and oxygen atoms in total. The molecule has 156 valence electrons. The molecule has 0 atom stereocenters. The first-order valence-corrected chi connectivity index (χ1v) is 11.0. The lowest BCUT2D eigenvalue weighted by Crippen LogP contribution is -2.32. The fourth-order valence-electron chi connectivity index (χ4n) is 4.03. The number of anilines is 2. The highest BCUT2D eigenvalue weighted by atomic mass is 16.2. The standard InChI is InChI=1S/C25H30N4O/c1-17(2)19-9-8-10-20(15-19)28-23-21-12-11-18(3)27-24(21)26-16-22(23)25(30)29-13-6-4-5-7-14-29/h8-12,15-17H,4-7,13-14H2,1-3H3,(H,26,27,28). The SMILES string of the molecule is Cc1ccc2c(Nc3cccc(C(C)C)c3)c(C(=O)N3CCCCCC3)cnc2n1. The third-order valence-electron chi connectivity index (χ3n) is 5.82. The molecule has 0 spiro atoms. The van der Waals surface area contributed by atoms with Crippen LogP contribution < -0.4 is 5.32 Å². The number of aromatic nitrogens is 2. The number of carbonyl (C=O) groups excluding carboxylic acids is 1. The Hall–Kier alpha value is -2.95. The number of amides is 1. The number of carbonyl (C=O) groups is 1. The maximum absolute atomic E-state index is 13.5. The van der Waals surface area contributed by atoms with Gasteiger partial charge in [0.1, 0.15) is 0 Å². The Morgan fingerprint density at radius 3 is 2.57 bits per heavy atom. The lowest BCUT2D eigenvalue weighted by atomic mass is 10.0. The quantitative estimate of drug-likeness (QED) is 0.597. The van der Waals surface area contributed by atoms with Crippen LogP contribution in [0, 0.1) is 6.92 Å². The van der Waals surface area contributed by atoms with Crippen molar-refractivity contribution in [3.63, 3.8) is 0 Å². The topological polar surface area (TPSA) is 58.1 Å². The van der Waals surface area contributed by atoms with Crippen LogP contribution in [0.15, 0.2) is 42.6 Å². The molecule has 2 aromatic heterocycles. The number of fused-ring (bicyclic) bond motifs is 1. The van der Waals surface area contributed by atoms with E-state index in [-0.39, 0.29) is 5.91 Å². The van der Waals surface area contributed by atoms with E-state index in [4.69, 9.17) is 0 Å². The van der Waals surface area contributed by atoms with Crippen molar-refractivity contribution < 1.29 is 4.79 Å². The minimum atomic E-state index is 0.0504. The Morgan fingerprint density at radius 1 is 1.07 bits per heavy atom. The number of aryl methyl sites for hydroxylation is 1. The molecular formula is C25H30N4O. The van der Waals surface area contributed by atoms with Crippen LogP contribution in [0.4, 0.5) is 11.4 Å². The van der Waals surface area contributed by atoms with Crippen LogP contribution in [0.5, 0.6) is 0 Å². The highest BCUT2D eigenvalue weighted by molar-refractivity contribution is 6.07. The van der Waals surface area contributed by atoms with Crippen molar-refractivity contribution >= 4 is 28.3 Å². The molecule has 1 aliphatic rings. The van der Waals surface area contributed by atoms with E-state index in [9.17, 15) is 4.79 Å². The van der Waals surface area contributed by atoms with Gasteiger partial charge in [0.15, 0.2) is 5.65 Å². The van der Waals surface area contributed by atoms with Gasteiger partial charge in [-0.05, 0) is 55.5 Å². The van der Waals surface area contributed by atoms with E-state index in [0.29, 0.717) is 17.1 Å². The molecule has 1 aliphatic heterocycles. The van der Waals surface area contributed by atoms with Gasteiger partial charge in [-0.1, -0.05) is 38.8 Å². The zero-order chi connectivity index (χ0) is 21.1. The Morgan fingerprint density at radius 2 is 1.83 bits per heavy atom. The zero-order valence-electron chi connectivity index (χ0n) is 18.1. The highest BCUT2D eigenvalue weighted by Gasteiger charge is 2.23. The van der Waals surface area contributed by atoms with Crippen LogP contribution in [0.25, 0.3) is 11.0 Å². The summed E-state index contributed by atoms with van der Waals surface area (Å²) in [4.78, 5) is 24.6. The molecule has 1 aromatic carbocycles. The smallest absolute Gasteiger partial charge is 0.257 e. The summed E-state index contributed by atoms with van der Waals surface area (Å²) in [6.07, 6.45) is 6.20. The summed E-state index contributed by atoms with van der Waals surface area (Å²) >= 11 is 0. The molecule has 0 unspecified atom stereocenters. The zero-order valence-corrected chi connectivity index (χ0v) is 18.1. The number of rotatable bonds is 4. The number of benzene rings is 1. The van der Waals surface area contributed by atoms with Crippen LogP contribution in [0.2, 0.25) is 0 Å². The second-order valence-electron chi connectivity index (χ2n) is 8.48. The first-order chi connectivity index (χ1) is 14.5. The summed E-state index contributed by atoms with van der Waals surface area (Å²) in [5.41, 5.74) is 5.21. The Labute approximate surface area is 178 Å². The first kappa shape index (κ1) is 20.3. The van der Waals surface area contributed by atoms with Crippen molar-refractivity contribution in [3.05, 3.63) is 59.4 Å². The predicted octanol–water partition coefficient (Wildman–Crippen LogP) is 5.82. The van der Waals surface area contributed by atoms with Gasteiger partial charge in [0.05, 0.1) is 11.3 Å². The summed E-state index contributed by atoms with van der Waals surface area (Å²) in [6, 6.07) is 12.4. The van der Waals surface area contributed by atoms with E-state index in [0.717, 1.165) is 48.4 Å². The molecule has 5 heteroatoms. The van der Waals surface area contributed by atoms with E-state index >= 15 is 0 Å².